The lowest BCUT2D eigenvalue weighted by Crippen LogP contribution is -2.33. The minimum Gasteiger partial charge on any atom is -0.388 e. The van der Waals surface area contributed by atoms with Crippen LogP contribution in [0.5, 0.6) is 0 Å². The van der Waals surface area contributed by atoms with Gasteiger partial charge < -0.3 is 10.6 Å². The predicted molar refractivity (Wildman–Crippen MR) is 72.3 cm³/mol. The van der Waals surface area contributed by atoms with E-state index in [2.05, 4.69) is 11.9 Å². The van der Waals surface area contributed by atoms with Crippen LogP contribution in [-0.2, 0) is 0 Å². The summed E-state index contributed by atoms with van der Waals surface area (Å²) in [5.74, 6) is 1.29. The third-order valence-corrected chi connectivity index (χ3v) is 4.42. The fraction of sp³-hybridized carbons (Fsp3) is 0.929. The first-order chi connectivity index (χ1) is 8.10. The third-order valence-electron chi connectivity index (χ3n) is 4.42. The van der Waals surface area contributed by atoms with Gasteiger partial charge in [-0.1, -0.05) is 19.3 Å². The molecule has 0 aromatic rings. The Morgan fingerprint density at radius 1 is 1.29 bits per heavy atom. The minimum absolute atomic E-state index is 0.369. The molecule has 0 heterocycles. The summed E-state index contributed by atoms with van der Waals surface area (Å²) in [6.07, 6.45) is 10.5. The molecule has 2 aliphatic rings. The van der Waals surface area contributed by atoms with Crippen LogP contribution in [0.1, 0.15) is 51.4 Å². The third kappa shape index (κ3) is 3.98. The van der Waals surface area contributed by atoms with Gasteiger partial charge in [0.25, 0.3) is 0 Å². The SMILES string of the molecule is CN(CC1CCCCC1)CC1(CC(=N)N)CC1. The monoisotopic (exact) mass is 237 g/mol. The van der Waals surface area contributed by atoms with Crippen molar-refractivity contribution < 1.29 is 0 Å². The molecule has 0 amide bonds. The van der Waals surface area contributed by atoms with Crippen molar-refractivity contribution in [3.05, 3.63) is 0 Å². The molecule has 2 rings (SSSR count). The first-order valence-electron chi connectivity index (χ1n) is 7.11. The molecule has 3 heteroatoms. The topological polar surface area (TPSA) is 53.1 Å². The van der Waals surface area contributed by atoms with Crippen LogP contribution < -0.4 is 5.73 Å². The van der Waals surface area contributed by atoms with Crippen molar-refractivity contribution in [1.29, 1.82) is 5.41 Å². The summed E-state index contributed by atoms with van der Waals surface area (Å²) < 4.78 is 0. The molecule has 3 nitrogen and oxygen atoms in total. The van der Waals surface area contributed by atoms with Crippen LogP contribution in [-0.4, -0.2) is 30.9 Å². The summed E-state index contributed by atoms with van der Waals surface area (Å²) in [5, 5.41) is 7.45. The maximum Gasteiger partial charge on any atom is 0.0911 e. The standard InChI is InChI=1S/C14H27N3/c1-17(10-12-5-3-2-4-6-12)11-14(7-8-14)9-13(15)16/h12H,2-11H2,1H3,(H3,15,16). The molecule has 0 aromatic carbocycles. The largest absolute Gasteiger partial charge is 0.388 e. The smallest absolute Gasteiger partial charge is 0.0911 e. The number of hydrogen-bond acceptors (Lipinski definition) is 2. The highest BCUT2D eigenvalue weighted by Crippen LogP contribution is 2.49. The van der Waals surface area contributed by atoms with Crippen molar-refractivity contribution in [3.8, 4) is 0 Å². The lowest BCUT2D eigenvalue weighted by molar-refractivity contribution is 0.202. The van der Waals surface area contributed by atoms with Gasteiger partial charge in [0.05, 0.1) is 5.84 Å². The molecule has 17 heavy (non-hydrogen) atoms. The van der Waals surface area contributed by atoms with Crippen LogP contribution in [0.25, 0.3) is 0 Å². The van der Waals surface area contributed by atoms with E-state index >= 15 is 0 Å². The molecular weight excluding hydrogens is 210 g/mol. The Kier molecular flexibility index (Phi) is 4.08. The Morgan fingerprint density at radius 2 is 1.94 bits per heavy atom. The molecule has 98 valence electrons. The minimum atomic E-state index is 0.369. The Bertz CT molecular complexity index is 265. The maximum atomic E-state index is 7.45. The number of nitrogens with zero attached hydrogens (tertiary/aromatic N) is 1. The zero-order valence-electron chi connectivity index (χ0n) is 11.2. The first kappa shape index (κ1) is 12.9. The van der Waals surface area contributed by atoms with E-state index in [1.807, 2.05) is 0 Å². The van der Waals surface area contributed by atoms with Crippen LogP contribution in [0.2, 0.25) is 0 Å². The van der Waals surface area contributed by atoms with Crippen molar-refractivity contribution in [2.45, 2.75) is 51.4 Å². The number of rotatable bonds is 6. The molecule has 0 aliphatic heterocycles. The molecular formula is C14H27N3. The normalized spacial score (nSPS) is 23.9. The number of nitrogens with two attached hydrogens (primary N) is 1. The summed E-state index contributed by atoms with van der Waals surface area (Å²) in [7, 11) is 2.24. The number of amidine groups is 1. The fourth-order valence-electron chi connectivity index (χ4n) is 3.42. The Balaban J connectivity index is 1.72. The number of nitrogens with one attached hydrogen (secondary N) is 1. The second kappa shape index (κ2) is 5.38. The second-order valence-corrected chi connectivity index (χ2v) is 6.40. The quantitative estimate of drug-likeness (QED) is 0.551. The highest BCUT2D eigenvalue weighted by atomic mass is 15.1. The van der Waals surface area contributed by atoms with Crippen LogP contribution in [0, 0.1) is 16.7 Å². The van der Waals surface area contributed by atoms with E-state index in [0.29, 0.717) is 11.3 Å². The average Bonchev–Trinajstić information content (AvgIpc) is 2.97. The molecule has 0 bridgehead atoms. The highest BCUT2D eigenvalue weighted by Gasteiger charge is 2.43. The van der Waals surface area contributed by atoms with Crippen LogP contribution in [0.15, 0.2) is 0 Å². The zero-order valence-corrected chi connectivity index (χ0v) is 11.2. The van der Waals surface area contributed by atoms with Gasteiger partial charge in [-0.05, 0) is 44.1 Å². The molecule has 3 N–H and O–H groups in total. The van der Waals surface area contributed by atoms with Gasteiger partial charge in [0.1, 0.15) is 0 Å². The summed E-state index contributed by atoms with van der Waals surface area (Å²) in [6.45, 7) is 2.39. The van der Waals surface area contributed by atoms with Gasteiger partial charge in [0.15, 0.2) is 0 Å². The molecule has 0 radical (unpaired) electrons. The van der Waals surface area contributed by atoms with E-state index in [0.717, 1.165) is 18.9 Å². The summed E-state index contributed by atoms with van der Waals surface area (Å²) >= 11 is 0. The van der Waals surface area contributed by atoms with Gasteiger partial charge in [0, 0.05) is 19.5 Å². The van der Waals surface area contributed by atoms with Crippen molar-refractivity contribution in [2.24, 2.45) is 17.1 Å². The number of hydrogen-bond donors (Lipinski definition) is 2. The van der Waals surface area contributed by atoms with E-state index in [1.165, 1.54) is 51.5 Å². The van der Waals surface area contributed by atoms with Crippen molar-refractivity contribution in [3.63, 3.8) is 0 Å². The Labute approximate surface area is 105 Å². The predicted octanol–water partition coefficient (Wildman–Crippen LogP) is 2.60. The van der Waals surface area contributed by atoms with Crippen LogP contribution in [0.3, 0.4) is 0 Å². The van der Waals surface area contributed by atoms with E-state index in [9.17, 15) is 0 Å². The van der Waals surface area contributed by atoms with E-state index in [1.54, 1.807) is 0 Å². The van der Waals surface area contributed by atoms with E-state index in [-0.39, 0.29) is 0 Å². The van der Waals surface area contributed by atoms with Gasteiger partial charge in [0.2, 0.25) is 0 Å². The molecule has 0 aromatic heterocycles. The molecule has 0 spiro atoms. The molecule has 0 unspecified atom stereocenters. The van der Waals surface area contributed by atoms with Gasteiger partial charge in [-0.25, -0.2) is 0 Å². The first-order valence-corrected chi connectivity index (χ1v) is 7.11. The van der Waals surface area contributed by atoms with E-state index < -0.39 is 0 Å². The summed E-state index contributed by atoms with van der Waals surface area (Å²) in [4.78, 5) is 2.49. The highest BCUT2D eigenvalue weighted by molar-refractivity contribution is 5.78. The van der Waals surface area contributed by atoms with Gasteiger partial charge in [-0.3, -0.25) is 5.41 Å². The average molecular weight is 237 g/mol. The molecule has 2 fully saturated rings. The zero-order chi connectivity index (χ0) is 12.3. The maximum absolute atomic E-state index is 7.45. The van der Waals surface area contributed by atoms with Crippen molar-refractivity contribution in [1.82, 2.24) is 4.90 Å². The van der Waals surface area contributed by atoms with Crippen LogP contribution in [0.4, 0.5) is 0 Å². The van der Waals surface area contributed by atoms with Gasteiger partial charge in [-0.15, -0.1) is 0 Å². The fourth-order valence-corrected chi connectivity index (χ4v) is 3.42. The lowest BCUT2D eigenvalue weighted by atomic mass is 9.88. The van der Waals surface area contributed by atoms with Gasteiger partial charge in [-0.2, -0.15) is 0 Å². The van der Waals surface area contributed by atoms with Crippen molar-refractivity contribution in [2.75, 3.05) is 20.1 Å². The van der Waals surface area contributed by atoms with E-state index in [4.69, 9.17) is 11.1 Å². The lowest BCUT2D eigenvalue weighted by Gasteiger charge is -2.29. The molecule has 2 saturated carbocycles. The molecule has 0 saturated heterocycles. The Morgan fingerprint density at radius 3 is 2.47 bits per heavy atom. The Hall–Kier alpha value is -0.570. The molecule has 0 atom stereocenters. The van der Waals surface area contributed by atoms with Gasteiger partial charge >= 0.3 is 0 Å². The summed E-state index contributed by atoms with van der Waals surface area (Å²) in [5.41, 5.74) is 5.91. The summed E-state index contributed by atoms with van der Waals surface area (Å²) in [6, 6.07) is 0. The molecule has 2 aliphatic carbocycles. The van der Waals surface area contributed by atoms with Crippen LogP contribution >= 0.6 is 0 Å². The van der Waals surface area contributed by atoms with Crippen molar-refractivity contribution >= 4 is 5.84 Å². The second-order valence-electron chi connectivity index (χ2n) is 6.40.